The first kappa shape index (κ1) is 20.5. The van der Waals surface area contributed by atoms with Crippen molar-refractivity contribution in [2.45, 2.75) is 32.0 Å². The summed E-state index contributed by atoms with van der Waals surface area (Å²) in [6.45, 7) is 3.45. The van der Waals surface area contributed by atoms with E-state index in [1.165, 1.54) is 23.5 Å². The number of aliphatic hydroxyl groups is 1. The summed E-state index contributed by atoms with van der Waals surface area (Å²) in [4.78, 5) is 20.7. The van der Waals surface area contributed by atoms with Crippen molar-refractivity contribution < 1.29 is 14.3 Å². The van der Waals surface area contributed by atoms with E-state index in [-0.39, 0.29) is 17.5 Å². The summed E-state index contributed by atoms with van der Waals surface area (Å²) in [5.41, 5.74) is 6.92. The standard InChI is InChI=1S/C19H20ClFN4O2S/c1-19(2,22)16(18-23-8-11(9-26)28-18)25-17(27)15-6-5-14(24-15)10-3-4-12(20)13(21)7-10/h3-8,16,24,26H,9,22H2,1-2H3,(H,25,27). The number of hydrogen-bond acceptors (Lipinski definition) is 5. The van der Waals surface area contributed by atoms with Crippen LogP contribution in [0.15, 0.2) is 36.5 Å². The zero-order valence-electron chi connectivity index (χ0n) is 15.3. The highest BCUT2D eigenvalue weighted by molar-refractivity contribution is 7.11. The number of H-pyrrole nitrogens is 1. The van der Waals surface area contributed by atoms with E-state index < -0.39 is 17.4 Å². The van der Waals surface area contributed by atoms with Gasteiger partial charge in [0.1, 0.15) is 16.5 Å². The van der Waals surface area contributed by atoms with Crippen LogP contribution in [0.25, 0.3) is 11.3 Å². The molecule has 0 aliphatic rings. The third-order valence-electron chi connectivity index (χ3n) is 4.15. The van der Waals surface area contributed by atoms with Crippen LogP contribution in [0, 0.1) is 5.82 Å². The van der Waals surface area contributed by atoms with E-state index in [9.17, 15) is 14.3 Å². The fourth-order valence-corrected chi connectivity index (χ4v) is 3.81. The monoisotopic (exact) mass is 422 g/mol. The zero-order valence-corrected chi connectivity index (χ0v) is 16.9. The number of nitrogens with two attached hydrogens (primary N) is 1. The molecule has 0 spiro atoms. The molecule has 3 aromatic rings. The van der Waals surface area contributed by atoms with Gasteiger partial charge in [0, 0.05) is 23.0 Å². The lowest BCUT2D eigenvalue weighted by atomic mass is 9.96. The molecule has 1 atom stereocenters. The number of aliphatic hydroxyl groups excluding tert-OH is 1. The Morgan fingerprint density at radius 1 is 1.43 bits per heavy atom. The maximum absolute atomic E-state index is 13.7. The van der Waals surface area contributed by atoms with E-state index in [0.717, 1.165) is 0 Å². The number of amides is 1. The minimum absolute atomic E-state index is 0.0342. The molecule has 2 heterocycles. The smallest absolute Gasteiger partial charge is 0.268 e. The molecule has 3 rings (SSSR count). The van der Waals surface area contributed by atoms with Crippen molar-refractivity contribution >= 4 is 28.8 Å². The molecule has 0 fully saturated rings. The normalized spacial score (nSPS) is 12.8. The van der Waals surface area contributed by atoms with Gasteiger partial charge in [-0.2, -0.15) is 0 Å². The number of rotatable bonds is 6. The summed E-state index contributed by atoms with van der Waals surface area (Å²) in [5, 5.41) is 12.8. The van der Waals surface area contributed by atoms with Gasteiger partial charge < -0.3 is 21.1 Å². The van der Waals surface area contributed by atoms with Gasteiger partial charge in [-0.1, -0.05) is 17.7 Å². The lowest BCUT2D eigenvalue weighted by Gasteiger charge is -2.29. The lowest BCUT2D eigenvalue weighted by Crippen LogP contribution is -2.48. The minimum Gasteiger partial charge on any atom is -0.391 e. The van der Waals surface area contributed by atoms with Gasteiger partial charge in [-0.25, -0.2) is 9.37 Å². The molecule has 0 saturated carbocycles. The van der Waals surface area contributed by atoms with Gasteiger partial charge in [-0.3, -0.25) is 4.79 Å². The predicted octanol–water partition coefficient (Wildman–Crippen LogP) is 3.63. The number of aromatic nitrogens is 2. The number of hydrogen-bond donors (Lipinski definition) is 4. The van der Waals surface area contributed by atoms with Crippen LogP contribution in [0.4, 0.5) is 4.39 Å². The predicted molar refractivity (Wildman–Crippen MR) is 108 cm³/mol. The summed E-state index contributed by atoms with van der Waals surface area (Å²) in [6.07, 6.45) is 1.56. The van der Waals surface area contributed by atoms with Crippen molar-refractivity contribution in [2.24, 2.45) is 5.73 Å². The number of carbonyl (C=O) groups is 1. The van der Waals surface area contributed by atoms with Crippen LogP contribution in [0.3, 0.4) is 0 Å². The molecule has 0 aliphatic carbocycles. The summed E-state index contributed by atoms with van der Waals surface area (Å²) in [6, 6.07) is 7.17. The van der Waals surface area contributed by atoms with Gasteiger partial charge in [-0.05, 0) is 38.1 Å². The van der Waals surface area contributed by atoms with Gasteiger partial charge >= 0.3 is 0 Å². The lowest BCUT2D eigenvalue weighted by molar-refractivity contribution is 0.0914. The quantitative estimate of drug-likeness (QED) is 0.487. The highest BCUT2D eigenvalue weighted by Crippen LogP contribution is 2.28. The number of carbonyl (C=O) groups excluding carboxylic acids is 1. The Labute approximate surface area is 170 Å². The molecular formula is C19H20ClFN4O2S. The van der Waals surface area contributed by atoms with Crippen molar-refractivity contribution in [3.05, 3.63) is 62.9 Å². The molecule has 1 amide bonds. The average molecular weight is 423 g/mol. The van der Waals surface area contributed by atoms with Crippen molar-refractivity contribution in [3.8, 4) is 11.3 Å². The molecule has 5 N–H and O–H groups in total. The Bertz CT molecular complexity index is 996. The first-order chi connectivity index (χ1) is 13.2. The fourth-order valence-electron chi connectivity index (χ4n) is 2.66. The summed E-state index contributed by atoms with van der Waals surface area (Å²) >= 11 is 7.00. The maximum atomic E-state index is 13.7. The Morgan fingerprint density at radius 2 is 2.18 bits per heavy atom. The first-order valence-electron chi connectivity index (χ1n) is 8.48. The SMILES string of the molecule is CC(C)(N)C(NC(=O)c1ccc(-c2ccc(Cl)c(F)c2)[nH]1)c1ncc(CO)s1. The number of nitrogens with zero attached hydrogens (tertiary/aromatic N) is 1. The molecule has 28 heavy (non-hydrogen) atoms. The van der Waals surface area contributed by atoms with Gasteiger partial charge in [0.15, 0.2) is 0 Å². The number of aromatic amines is 1. The van der Waals surface area contributed by atoms with Crippen LogP contribution >= 0.6 is 22.9 Å². The molecule has 0 saturated heterocycles. The van der Waals surface area contributed by atoms with Crippen molar-refractivity contribution in [1.82, 2.24) is 15.3 Å². The molecule has 2 aromatic heterocycles. The third kappa shape index (κ3) is 4.41. The third-order valence-corrected chi connectivity index (χ3v) is 5.51. The van der Waals surface area contributed by atoms with Crippen molar-refractivity contribution in [2.75, 3.05) is 0 Å². The van der Waals surface area contributed by atoms with Gasteiger partial charge in [0.25, 0.3) is 5.91 Å². The number of thiazole rings is 1. The molecule has 6 nitrogen and oxygen atoms in total. The van der Waals surface area contributed by atoms with Gasteiger partial charge in [0.05, 0.1) is 22.5 Å². The zero-order chi connectivity index (χ0) is 20.5. The molecule has 1 aromatic carbocycles. The summed E-state index contributed by atoms with van der Waals surface area (Å²) in [7, 11) is 0. The minimum atomic E-state index is -0.783. The second-order valence-corrected chi connectivity index (χ2v) is 8.52. The van der Waals surface area contributed by atoms with Crippen LogP contribution in [-0.2, 0) is 6.61 Å². The van der Waals surface area contributed by atoms with E-state index in [1.54, 1.807) is 38.2 Å². The summed E-state index contributed by atoms with van der Waals surface area (Å²) in [5.74, 6) is -0.905. The molecule has 0 aliphatic heterocycles. The highest BCUT2D eigenvalue weighted by Gasteiger charge is 2.31. The van der Waals surface area contributed by atoms with Gasteiger partial charge in [-0.15, -0.1) is 11.3 Å². The van der Waals surface area contributed by atoms with Crippen LogP contribution < -0.4 is 11.1 Å². The molecule has 1 unspecified atom stereocenters. The van der Waals surface area contributed by atoms with E-state index in [4.69, 9.17) is 17.3 Å². The number of benzene rings is 1. The van der Waals surface area contributed by atoms with Crippen LogP contribution in [-0.4, -0.2) is 26.5 Å². The molecular weight excluding hydrogens is 403 g/mol. The molecule has 0 radical (unpaired) electrons. The number of nitrogens with one attached hydrogen (secondary N) is 2. The second-order valence-electron chi connectivity index (χ2n) is 6.97. The van der Waals surface area contributed by atoms with Crippen LogP contribution in [0.2, 0.25) is 5.02 Å². The van der Waals surface area contributed by atoms with E-state index in [2.05, 4.69) is 15.3 Å². The maximum Gasteiger partial charge on any atom is 0.268 e. The highest BCUT2D eigenvalue weighted by atomic mass is 35.5. The second kappa shape index (κ2) is 8.00. The topological polar surface area (TPSA) is 104 Å². The van der Waals surface area contributed by atoms with Crippen molar-refractivity contribution in [1.29, 1.82) is 0 Å². The van der Waals surface area contributed by atoms with Crippen LogP contribution in [0.1, 0.15) is 40.3 Å². The van der Waals surface area contributed by atoms with Crippen LogP contribution in [0.5, 0.6) is 0 Å². The largest absolute Gasteiger partial charge is 0.391 e. The van der Waals surface area contributed by atoms with Crippen molar-refractivity contribution in [3.63, 3.8) is 0 Å². The summed E-state index contributed by atoms with van der Waals surface area (Å²) < 4.78 is 13.7. The molecule has 148 valence electrons. The molecule has 0 bridgehead atoms. The molecule has 9 heteroatoms. The number of halogens is 2. The Kier molecular flexibility index (Phi) is 5.85. The first-order valence-corrected chi connectivity index (χ1v) is 9.68. The average Bonchev–Trinajstić information content (AvgIpc) is 3.30. The van der Waals surface area contributed by atoms with Gasteiger partial charge in [0.2, 0.25) is 0 Å². The Balaban J connectivity index is 1.82. The Morgan fingerprint density at radius 3 is 2.79 bits per heavy atom. The van der Waals surface area contributed by atoms with E-state index in [1.807, 2.05) is 0 Å². The van der Waals surface area contributed by atoms with E-state index >= 15 is 0 Å². The van der Waals surface area contributed by atoms with E-state index in [0.29, 0.717) is 26.8 Å². The Hall–Kier alpha value is -2.26. The fraction of sp³-hybridized carbons (Fsp3) is 0.263.